The van der Waals surface area contributed by atoms with E-state index in [0.717, 1.165) is 16.9 Å². The van der Waals surface area contributed by atoms with E-state index in [1.807, 2.05) is 48.2 Å². The summed E-state index contributed by atoms with van der Waals surface area (Å²) in [6.07, 6.45) is 1.65. The first-order chi connectivity index (χ1) is 15.5. The minimum absolute atomic E-state index is 0.0762. The van der Waals surface area contributed by atoms with Gasteiger partial charge in [0.1, 0.15) is 11.6 Å². The van der Waals surface area contributed by atoms with Crippen LogP contribution in [0.2, 0.25) is 0 Å². The number of nitrogens with zero attached hydrogens (tertiary/aromatic N) is 3. The number of hydrogen-bond donors (Lipinski definition) is 1. The van der Waals surface area contributed by atoms with Crippen molar-refractivity contribution in [1.82, 2.24) is 9.88 Å². The van der Waals surface area contributed by atoms with Crippen molar-refractivity contribution in [1.29, 1.82) is 0 Å². The molecule has 1 fully saturated rings. The van der Waals surface area contributed by atoms with Crippen LogP contribution in [0.15, 0.2) is 66.9 Å². The van der Waals surface area contributed by atoms with Gasteiger partial charge in [0.25, 0.3) is 11.8 Å². The maximum absolute atomic E-state index is 12.8. The van der Waals surface area contributed by atoms with Crippen molar-refractivity contribution < 1.29 is 14.3 Å². The third kappa shape index (κ3) is 4.72. The SMILES string of the molecule is COc1ccc(C(=O)Nc2ccc(N3CCN(C(=O)c4ccccc4C)CC3)nc2)cc1. The molecule has 4 rings (SSSR count). The first kappa shape index (κ1) is 21.4. The molecular weight excluding hydrogens is 404 g/mol. The summed E-state index contributed by atoms with van der Waals surface area (Å²) in [5.74, 6) is 1.40. The number of hydrogen-bond acceptors (Lipinski definition) is 5. The average Bonchev–Trinajstić information content (AvgIpc) is 2.84. The van der Waals surface area contributed by atoms with Crippen molar-refractivity contribution in [2.24, 2.45) is 0 Å². The van der Waals surface area contributed by atoms with Gasteiger partial charge in [-0.05, 0) is 55.0 Å². The molecule has 2 amide bonds. The molecule has 0 atom stereocenters. The third-order valence-corrected chi connectivity index (χ3v) is 5.62. The van der Waals surface area contributed by atoms with Crippen LogP contribution in [-0.2, 0) is 0 Å². The highest BCUT2D eigenvalue weighted by Crippen LogP contribution is 2.19. The van der Waals surface area contributed by atoms with Crippen molar-refractivity contribution >= 4 is 23.3 Å². The van der Waals surface area contributed by atoms with Gasteiger partial charge in [0.05, 0.1) is 19.0 Å². The van der Waals surface area contributed by atoms with Crippen molar-refractivity contribution in [2.45, 2.75) is 6.92 Å². The second-order valence-corrected chi connectivity index (χ2v) is 7.68. The van der Waals surface area contributed by atoms with Crippen LogP contribution in [0.1, 0.15) is 26.3 Å². The molecule has 164 valence electrons. The fourth-order valence-corrected chi connectivity index (χ4v) is 3.71. The Morgan fingerprint density at radius 2 is 1.66 bits per heavy atom. The zero-order chi connectivity index (χ0) is 22.5. The van der Waals surface area contributed by atoms with Gasteiger partial charge in [-0.15, -0.1) is 0 Å². The lowest BCUT2D eigenvalue weighted by Crippen LogP contribution is -2.49. The maximum atomic E-state index is 12.8. The standard InChI is InChI=1S/C25H26N4O3/c1-18-5-3-4-6-22(18)25(31)29-15-13-28(14-16-29)23-12-9-20(17-26-23)27-24(30)19-7-10-21(32-2)11-8-19/h3-12,17H,13-16H2,1-2H3,(H,27,30). The lowest BCUT2D eigenvalue weighted by molar-refractivity contribution is 0.0745. The molecule has 0 bridgehead atoms. The number of benzene rings is 2. The molecule has 7 nitrogen and oxygen atoms in total. The van der Waals surface area contributed by atoms with Gasteiger partial charge in [-0.3, -0.25) is 9.59 Å². The Balaban J connectivity index is 1.33. The average molecular weight is 431 g/mol. The fraction of sp³-hybridized carbons (Fsp3) is 0.240. The Labute approximate surface area is 187 Å². The zero-order valence-corrected chi connectivity index (χ0v) is 18.2. The molecule has 2 heterocycles. The molecule has 1 N–H and O–H groups in total. The van der Waals surface area contributed by atoms with E-state index in [-0.39, 0.29) is 11.8 Å². The van der Waals surface area contributed by atoms with Gasteiger partial charge in [0, 0.05) is 37.3 Å². The quantitative estimate of drug-likeness (QED) is 0.669. The van der Waals surface area contributed by atoms with Crippen molar-refractivity contribution in [3.05, 3.63) is 83.6 Å². The van der Waals surface area contributed by atoms with E-state index >= 15 is 0 Å². The van der Waals surface area contributed by atoms with Crippen LogP contribution < -0.4 is 15.0 Å². The number of carbonyl (C=O) groups is 2. The molecule has 1 aliphatic rings. The van der Waals surface area contributed by atoms with Crippen molar-refractivity contribution in [3.8, 4) is 5.75 Å². The number of ether oxygens (including phenoxy) is 1. The lowest BCUT2D eigenvalue weighted by atomic mass is 10.1. The van der Waals surface area contributed by atoms with Crippen LogP contribution >= 0.6 is 0 Å². The highest BCUT2D eigenvalue weighted by molar-refractivity contribution is 6.04. The Bertz CT molecular complexity index is 1090. The molecular formula is C25H26N4O3. The summed E-state index contributed by atoms with van der Waals surface area (Å²) >= 11 is 0. The molecule has 1 saturated heterocycles. The van der Waals surface area contributed by atoms with Crippen LogP contribution in [-0.4, -0.2) is 55.0 Å². The molecule has 1 aromatic heterocycles. The van der Waals surface area contributed by atoms with E-state index in [2.05, 4.69) is 15.2 Å². The molecule has 0 saturated carbocycles. The van der Waals surface area contributed by atoms with Crippen LogP contribution in [0.25, 0.3) is 0 Å². The Morgan fingerprint density at radius 3 is 2.28 bits per heavy atom. The van der Waals surface area contributed by atoms with Gasteiger partial charge >= 0.3 is 0 Å². The summed E-state index contributed by atoms with van der Waals surface area (Å²) in [6, 6.07) is 18.3. The van der Waals surface area contributed by atoms with Gasteiger partial charge in [-0.2, -0.15) is 0 Å². The molecule has 3 aromatic rings. The highest BCUT2D eigenvalue weighted by atomic mass is 16.5. The third-order valence-electron chi connectivity index (χ3n) is 5.62. The maximum Gasteiger partial charge on any atom is 0.255 e. The van der Waals surface area contributed by atoms with Crippen molar-refractivity contribution in [2.75, 3.05) is 43.5 Å². The molecule has 2 aromatic carbocycles. The molecule has 0 aliphatic carbocycles. The summed E-state index contributed by atoms with van der Waals surface area (Å²) in [6.45, 7) is 4.67. The van der Waals surface area contributed by atoms with Gasteiger partial charge in [-0.25, -0.2) is 4.98 Å². The summed E-state index contributed by atoms with van der Waals surface area (Å²) < 4.78 is 5.12. The normalized spacial score (nSPS) is 13.6. The van der Waals surface area contributed by atoms with Gasteiger partial charge < -0.3 is 19.9 Å². The van der Waals surface area contributed by atoms with E-state index < -0.39 is 0 Å². The van der Waals surface area contributed by atoms with Crippen LogP contribution in [0.4, 0.5) is 11.5 Å². The second-order valence-electron chi connectivity index (χ2n) is 7.68. The number of nitrogens with one attached hydrogen (secondary N) is 1. The van der Waals surface area contributed by atoms with Crippen molar-refractivity contribution in [3.63, 3.8) is 0 Å². The van der Waals surface area contributed by atoms with E-state index in [1.165, 1.54) is 0 Å². The lowest BCUT2D eigenvalue weighted by Gasteiger charge is -2.35. The molecule has 32 heavy (non-hydrogen) atoms. The fourth-order valence-electron chi connectivity index (χ4n) is 3.71. The number of rotatable bonds is 5. The monoisotopic (exact) mass is 430 g/mol. The van der Waals surface area contributed by atoms with E-state index in [4.69, 9.17) is 4.74 Å². The van der Waals surface area contributed by atoms with Crippen LogP contribution in [0, 0.1) is 6.92 Å². The van der Waals surface area contributed by atoms with Gasteiger partial charge in [-0.1, -0.05) is 18.2 Å². The minimum atomic E-state index is -0.203. The van der Waals surface area contributed by atoms with E-state index in [0.29, 0.717) is 43.2 Å². The summed E-state index contributed by atoms with van der Waals surface area (Å²) in [5.41, 5.74) is 2.93. The number of aromatic nitrogens is 1. The first-order valence-electron chi connectivity index (χ1n) is 10.6. The largest absolute Gasteiger partial charge is 0.497 e. The Morgan fingerprint density at radius 1 is 0.938 bits per heavy atom. The smallest absolute Gasteiger partial charge is 0.255 e. The number of pyridine rings is 1. The van der Waals surface area contributed by atoms with E-state index in [9.17, 15) is 9.59 Å². The Kier molecular flexibility index (Phi) is 6.35. The Hall–Kier alpha value is -3.87. The number of piperazine rings is 1. The van der Waals surface area contributed by atoms with Crippen LogP contribution in [0.5, 0.6) is 5.75 Å². The van der Waals surface area contributed by atoms with E-state index in [1.54, 1.807) is 37.6 Å². The predicted octanol–water partition coefficient (Wildman–Crippen LogP) is 3.61. The topological polar surface area (TPSA) is 74.8 Å². The molecule has 0 unspecified atom stereocenters. The van der Waals surface area contributed by atoms with Gasteiger partial charge in [0.15, 0.2) is 0 Å². The van der Waals surface area contributed by atoms with Crippen LogP contribution in [0.3, 0.4) is 0 Å². The zero-order valence-electron chi connectivity index (χ0n) is 18.2. The molecule has 0 radical (unpaired) electrons. The molecule has 0 spiro atoms. The van der Waals surface area contributed by atoms with Gasteiger partial charge in [0.2, 0.25) is 0 Å². The molecule has 1 aliphatic heterocycles. The number of aryl methyl sites for hydroxylation is 1. The minimum Gasteiger partial charge on any atom is -0.497 e. The molecule has 7 heteroatoms. The first-order valence-corrected chi connectivity index (χ1v) is 10.6. The second kappa shape index (κ2) is 9.51. The number of amides is 2. The summed E-state index contributed by atoms with van der Waals surface area (Å²) in [7, 11) is 1.59. The summed E-state index contributed by atoms with van der Waals surface area (Å²) in [5, 5.41) is 2.86. The predicted molar refractivity (Wildman–Crippen MR) is 124 cm³/mol. The highest BCUT2D eigenvalue weighted by Gasteiger charge is 2.23. The number of carbonyl (C=O) groups excluding carboxylic acids is 2. The number of methoxy groups -OCH3 is 1. The number of anilines is 2. The summed E-state index contributed by atoms with van der Waals surface area (Å²) in [4.78, 5) is 33.8.